The Hall–Kier alpha value is -3.10. The highest BCUT2D eigenvalue weighted by molar-refractivity contribution is 6.42. The maximum absolute atomic E-state index is 13.7. The zero-order valence-corrected chi connectivity index (χ0v) is 24.7. The minimum Gasteiger partial charge on any atom is -0.496 e. The van der Waals surface area contributed by atoms with E-state index < -0.39 is 11.0 Å². The standard InChI is InChI=1S/C32H35Cl2N3O4/c1-40-28-10-6-5-9-25(28)29(38)37-19-20-41-32(22-37,24-11-12-26(33)27(34)21-24)15-18-36-16-13-31(14-17-36,30(35)39)23-7-3-2-4-8-23/h2-12,21H,13-20,22H2,1H3,(H2,35,39). The molecule has 216 valence electrons. The summed E-state index contributed by atoms with van der Waals surface area (Å²) in [6, 6.07) is 22.6. The first-order valence-electron chi connectivity index (χ1n) is 13.9. The zero-order valence-electron chi connectivity index (χ0n) is 23.2. The monoisotopic (exact) mass is 595 g/mol. The molecule has 5 rings (SSSR count). The Morgan fingerprint density at radius 3 is 2.32 bits per heavy atom. The fourth-order valence-electron chi connectivity index (χ4n) is 6.13. The Balaban J connectivity index is 1.37. The fraction of sp³-hybridized carbons (Fsp3) is 0.375. The number of likely N-dealkylation sites (tertiary alicyclic amines) is 1. The van der Waals surface area contributed by atoms with Crippen LogP contribution in [0.4, 0.5) is 0 Å². The van der Waals surface area contributed by atoms with Crippen molar-refractivity contribution < 1.29 is 19.1 Å². The van der Waals surface area contributed by atoms with Crippen molar-refractivity contribution in [3.8, 4) is 5.75 Å². The molecule has 0 bridgehead atoms. The van der Waals surface area contributed by atoms with E-state index >= 15 is 0 Å². The lowest BCUT2D eigenvalue weighted by molar-refractivity contribution is -0.126. The second kappa shape index (κ2) is 12.4. The number of benzene rings is 3. The molecule has 41 heavy (non-hydrogen) atoms. The van der Waals surface area contributed by atoms with Gasteiger partial charge in [-0.05, 0) is 67.7 Å². The molecule has 7 nitrogen and oxygen atoms in total. The summed E-state index contributed by atoms with van der Waals surface area (Å²) in [5, 5.41) is 0.899. The van der Waals surface area contributed by atoms with Crippen molar-refractivity contribution in [1.82, 2.24) is 9.80 Å². The number of piperidine rings is 1. The van der Waals surface area contributed by atoms with E-state index in [4.69, 9.17) is 38.4 Å². The largest absolute Gasteiger partial charge is 0.496 e. The first-order valence-corrected chi connectivity index (χ1v) is 14.6. The lowest BCUT2D eigenvalue weighted by Gasteiger charge is -2.45. The molecule has 0 spiro atoms. The molecule has 2 aliphatic rings. The van der Waals surface area contributed by atoms with Gasteiger partial charge in [-0.25, -0.2) is 0 Å². The Bertz CT molecular complexity index is 1390. The van der Waals surface area contributed by atoms with Gasteiger partial charge in [0.05, 0.1) is 41.3 Å². The van der Waals surface area contributed by atoms with E-state index in [9.17, 15) is 9.59 Å². The summed E-state index contributed by atoms with van der Waals surface area (Å²) >= 11 is 12.7. The molecule has 2 amide bonds. The SMILES string of the molecule is COc1ccccc1C(=O)N1CCOC(CCN2CCC(C(N)=O)(c3ccccc3)CC2)(c2ccc(Cl)c(Cl)c2)C1. The van der Waals surface area contributed by atoms with Crippen molar-refractivity contribution in [2.24, 2.45) is 5.73 Å². The number of nitrogens with two attached hydrogens (primary N) is 1. The maximum Gasteiger partial charge on any atom is 0.257 e. The number of morpholine rings is 1. The smallest absolute Gasteiger partial charge is 0.257 e. The van der Waals surface area contributed by atoms with Crippen LogP contribution < -0.4 is 10.5 Å². The number of nitrogens with zero attached hydrogens (tertiary/aromatic N) is 2. The molecule has 0 aromatic heterocycles. The van der Waals surface area contributed by atoms with Gasteiger partial charge in [-0.1, -0.05) is 71.7 Å². The summed E-state index contributed by atoms with van der Waals surface area (Å²) in [6.45, 7) is 3.34. The Morgan fingerprint density at radius 2 is 1.63 bits per heavy atom. The summed E-state index contributed by atoms with van der Waals surface area (Å²) < 4.78 is 12.0. The van der Waals surface area contributed by atoms with E-state index in [2.05, 4.69) is 4.90 Å². The average molecular weight is 597 g/mol. The minimum absolute atomic E-state index is 0.109. The first-order chi connectivity index (χ1) is 19.8. The van der Waals surface area contributed by atoms with Gasteiger partial charge in [0.25, 0.3) is 5.91 Å². The van der Waals surface area contributed by atoms with Gasteiger partial charge in [0.1, 0.15) is 11.4 Å². The molecule has 2 heterocycles. The van der Waals surface area contributed by atoms with E-state index in [1.54, 1.807) is 25.3 Å². The summed E-state index contributed by atoms with van der Waals surface area (Å²) in [5.41, 5.74) is 6.86. The Morgan fingerprint density at radius 1 is 0.927 bits per heavy atom. The third kappa shape index (κ3) is 5.95. The number of rotatable bonds is 8. The summed E-state index contributed by atoms with van der Waals surface area (Å²) in [6.07, 6.45) is 1.91. The molecule has 2 N–H and O–H groups in total. The molecule has 0 radical (unpaired) electrons. The number of hydrogen-bond acceptors (Lipinski definition) is 5. The molecule has 2 aliphatic heterocycles. The molecule has 0 saturated carbocycles. The highest BCUT2D eigenvalue weighted by Crippen LogP contribution is 2.39. The van der Waals surface area contributed by atoms with Crippen LogP contribution in [-0.2, 0) is 20.5 Å². The molecule has 3 aromatic carbocycles. The average Bonchev–Trinajstić information content (AvgIpc) is 3.01. The first kappa shape index (κ1) is 29.4. The lowest BCUT2D eigenvalue weighted by atomic mass is 9.72. The normalized spacial score (nSPS) is 20.9. The van der Waals surface area contributed by atoms with Gasteiger partial charge in [-0.2, -0.15) is 0 Å². The van der Waals surface area contributed by atoms with Gasteiger partial charge < -0.3 is 25.0 Å². The van der Waals surface area contributed by atoms with Crippen LogP contribution >= 0.6 is 23.2 Å². The van der Waals surface area contributed by atoms with Gasteiger partial charge in [-0.3, -0.25) is 9.59 Å². The van der Waals surface area contributed by atoms with E-state index in [1.807, 2.05) is 59.5 Å². The molecule has 2 fully saturated rings. The molecular weight excluding hydrogens is 561 g/mol. The summed E-state index contributed by atoms with van der Waals surface area (Å²) in [5.74, 6) is 0.146. The fourth-order valence-corrected chi connectivity index (χ4v) is 6.43. The molecule has 1 unspecified atom stereocenters. The van der Waals surface area contributed by atoms with Crippen LogP contribution in [0, 0.1) is 0 Å². The number of ether oxygens (including phenoxy) is 2. The van der Waals surface area contributed by atoms with Gasteiger partial charge in [0.15, 0.2) is 0 Å². The number of methoxy groups -OCH3 is 1. The van der Waals surface area contributed by atoms with Crippen LogP contribution in [0.5, 0.6) is 5.75 Å². The molecule has 1 atom stereocenters. The quantitative estimate of drug-likeness (QED) is 0.383. The number of para-hydroxylation sites is 1. The van der Waals surface area contributed by atoms with Gasteiger partial charge >= 0.3 is 0 Å². The van der Waals surface area contributed by atoms with Crippen molar-refractivity contribution in [2.45, 2.75) is 30.3 Å². The molecular formula is C32H35Cl2N3O4. The Kier molecular flexibility index (Phi) is 8.90. The van der Waals surface area contributed by atoms with Gasteiger partial charge in [-0.15, -0.1) is 0 Å². The third-order valence-electron chi connectivity index (χ3n) is 8.60. The van der Waals surface area contributed by atoms with Crippen LogP contribution in [-0.4, -0.2) is 68.1 Å². The molecule has 9 heteroatoms. The van der Waals surface area contributed by atoms with Crippen LogP contribution in [0.3, 0.4) is 0 Å². The van der Waals surface area contributed by atoms with E-state index in [1.165, 1.54) is 0 Å². The van der Waals surface area contributed by atoms with Crippen molar-refractivity contribution in [3.63, 3.8) is 0 Å². The number of primary amides is 1. The summed E-state index contributed by atoms with van der Waals surface area (Å²) in [7, 11) is 1.56. The third-order valence-corrected chi connectivity index (χ3v) is 9.33. The topological polar surface area (TPSA) is 85.1 Å². The number of amides is 2. The van der Waals surface area contributed by atoms with Crippen molar-refractivity contribution in [2.75, 3.05) is 46.4 Å². The Labute approximate surface area is 251 Å². The van der Waals surface area contributed by atoms with E-state index in [-0.39, 0.29) is 11.8 Å². The second-order valence-electron chi connectivity index (χ2n) is 10.8. The van der Waals surface area contributed by atoms with E-state index in [0.29, 0.717) is 66.9 Å². The number of halogens is 2. The van der Waals surface area contributed by atoms with Crippen LogP contribution in [0.15, 0.2) is 72.8 Å². The number of hydrogen-bond donors (Lipinski definition) is 1. The van der Waals surface area contributed by atoms with Crippen LogP contribution in [0.1, 0.15) is 40.7 Å². The van der Waals surface area contributed by atoms with Gasteiger partial charge in [0.2, 0.25) is 5.91 Å². The van der Waals surface area contributed by atoms with Crippen molar-refractivity contribution >= 4 is 35.0 Å². The maximum atomic E-state index is 13.7. The van der Waals surface area contributed by atoms with Crippen molar-refractivity contribution in [1.29, 1.82) is 0 Å². The summed E-state index contributed by atoms with van der Waals surface area (Å²) in [4.78, 5) is 30.5. The highest BCUT2D eigenvalue weighted by Gasteiger charge is 2.44. The predicted octanol–water partition coefficient (Wildman–Crippen LogP) is 5.28. The number of carbonyl (C=O) groups is 2. The van der Waals surface area contributed by atoms with Crippen LogP contribution in [0.2, 0.25) is 10.0 Å². The number of carbonyl (C=O) groups excluding carboxylic acids is 2. The molecule has 2 saturated heterocycles. The van der Waals surface area contributed by atoms with E-state index in [0.717, 1.165) is 24.2 Å². The molecule has 0 aliphatic carbocycles. The zero-order chi connectivity index (χ0) is 29.0. The van der Waals surface area contributed by atoms with Crippen molar-refractivity contribution in [3.05, 3.63) is 99.5 Å². The lowest BCUT2D eigenvalue weighted by Crippen LogP contribution is -2.54. The molecule has 3 aromatic rings. The highest BCUT2D eigenvalue weighted by atomic mass is 35.5. The predicted molar refractivity (Wildman–Crippen MR) is 161 cm³/mol. The second-order valence-corrected chi connectivity index (χ2v) is 11.6. The minimum atomic E-state index is -0.790. The van der Waals surface area contributed by atoms with Crippen LogP contribution in [0.25, 0.3) is 0 Å². The van der Waals surface area contributed by atoms with Gasteiger partial charge in [0, 0.05) is 13.1 Å².